The summed E-state index contributed by atoms with van der Waals surface area (Å²) in [7, 11) is 2.36. The molecule has 3 nitrogen and oxygen atoms in total. The molecule has 118 valence electrons. The Bertz CT molecular complexity index is 275. The molecule has 3 heteroatoms. The molecule has 0 aromatic heterocycles. The fourth-order valence-electron chi connectivity index (χ4n) is 4.33. The summed E-state index contributed by atoms with van der Waals surface area (Å²) in [6.07, 6.45) is 12.2. The molecule has 2 fully saturated rings. The summed E-state index contributed by atoms with van der Waals surface area (Å²) >= 11 is 0. The van der Waals surface area contributed by atoms with Gasteiger partial charge in [-0.3, -0.25) is 4.90 Å². The summed E-state index contributed by atoms with van der Waals surface area (Å²) in [5.74, 6) is 0. The number of likely N-dealkylation sites (tertiary alicyclic amines) is 1. The first-order valence-corrected chi connectivity index (χ1v) is 8.87. The molecule has 0 aromatic carbocycles. The molecule has 20 heavy (non-hydrogen) atoms. The third-order valence-electron chi connectivity index (χ3n) is 5.80. The van der Waals surface area contributed by atoms with Crippen molar-refractivity contribution in [1.29, 1.82) is 0 Å². The summed E-state index contributed by atoms with van der Waals surface area (Å²) in [6, 6.07) is 0.782. The van der Waals surface area contributed by atoms with E-state index in [1.54, 1.807) is 0 Å². The predicted octanol–water partition coefficient (Wildman–Crippen LogP) is 2.84. The zero-order valence-electron chi connectivity index (χ0n) is 13.7. The Morgan fingerprint density at radius 1 is 1.10 bits per heavy atom. The summed E-state index contributed by atoms with van der Waals surface area (Å²) in [4.78, 5) is 5.34. The van der Waals surface area contributed by atoms with E-state index >= 15 is 0 Å². The fourth-order valence-corrected chi connectivity index (χ4v) is 4.33. The Morgan fingerprint density at radius 2 is 1.85 bits per heavy atom. The van der Waals surface area contributed by atoms with Crippen LogP contribution in [0.4, 0.5) is 0 Å². The van der Waals surface area contributed by atoms with Crippen LogP contribution in [-0.2, 0) is 0 Å². The third kappa shape index (κ3) is 3.75. The van der Waals surface area contributed by atoms with E-state index in [1.165, 1.54) is 77.4 Å². The molecule has 2 aliphatic rings. The Morgan fingerprint density at radius 3 is 2.50 bits per heavy atom. The van der Waals surface area contributed by atoms with E-state index in [4.69, 9.17) is 5.73 Å². The van der Waals surface area contributed by atoms with Gasteiger partial charge < -0.3 is 10.6 Å². The second-order valence-electron chi connectivity index (χ2n) is 7.03. The van der Waals surface area contributed by atoms with Gasteiger partial charge in [0.15, 0.2) is 0 Å². The van der Waals surface area contributed by atoms with Crippen LogP contribution in [0.5, 0.6) is 0 Å². The molecule has 1 unspecified atom stereocenters. The zero-order valence-corrected chi connectivity index (χ0v) is 13.7. The van der Waals surface area contributed by atoms with E-state index in [2.05, 4.69) is 23.8 Å². The van der Waals surface area contributed by atoms with Gasteiger partial charge in [-0.2, -0.15) is 0 Å². The summed E-state index contributed by atoms with van der Waals surface area (Å²) in [6.45, 7) is 6.89. The van der Waals surface area contributed by atoms with Crippen LogP contribution in [0.3, 0.4) is 0 Å². The lowest BCUT2D eigenvalue weighted by molar-refractivity contribution is 0.0453. The molecule has 1 aliphatic heterocycles. The van der Waals surface area contributed by atoms with Crippen LogP contribution in [-0.4, -0.2) is 54.6 Å². The molecular formula is C17H35N3. The summed E-state index contributed by atoms with van der Waals surface area (Å²) in [5, 5.41) is 0. The van der Waals surface area contributed by atoms with Crippen molar-refractivity contribution in [3.8, 4) is 0 Å². The largest absolute Gasteiger partial charge is 0.329 e. The zero-order chi connectivity index (χ0) is 14.4. The van der Waals surface area contributed by atoms with Crippen LogP contribution in [0.25, 0.3) is 0 Å². The molecule has 0 radical (unpaired) electrons. The van der Waals surface area contributed by atoms with Crippen molar-refractivity contribution < 1.29 is 0 Å². The second-order valence-corrected chi connectivity index (χ2v) is 7.03. The minimum Gasteiger partial charge on any atom is -0.329 e. The Balaban J connectivity index is 2.00. The molecule has 0 aromatic rings. The molecule has 2 N–H and O–H groups in total. The van der Waals surface area contributed by atoms with E-state index in [0.717, 1.165) is 12.6 Å². The SMILES string of the molecule is CCCN1CCCC(CN)(N(C)C2CCCCC2)CC1. The average Bonchev–Trinajstić information content (AvgIpc) is 2.71. The van der Waals surface area contributed by atoms with Crippen LogP contribution >= 0.6 is 0 Å². The van der Waals surface area contributed by atoms with Gasteiger partial charge in [-0.1, -0.05) is 26.2 Å². The number of nitrogens with two attached hydrogens (primary N) is 1. The topological polar surface area (TPSA) is 32.5 Å². The first-order chi connectivity index (χ1) is 9.72. The van der Waals surface area contributed by atoms with E-state index in [-0.39, 0.29) is 5.54 Å². The molecule has 0 amide bonds. The molecule has 1 aliphatic carbocycles. The minimum atomic E-state index is 0.268. The highest BCUT2D eigenvalue weighted by atomic mass is 15.2. The number of rotatable bonds is 5. The standard InChI is InChI=1S/C17H35N3/c1-3-12-20-13-7-10-17(15-18,11-14-20)19(2)16-8-5-4-6-9-16/h16H,3-15,18H2,1-2H3. The van der Waals surface area contributed by atoms with Gasteiger partial charge in [0.05, 0.1) is 0 Å². The number of hydrogen-bond donors (Lipinski definition) is 1. The van der Waals surface area contributed by atoms with Gasteiger partial charge in [-0.25, -0.2) is 0 Å². The van der Waals surface area contributed by atoms with Crippen molar-refractivity contribution in [2.24, 2.45) is 5.73 Å². The highest BCUT2D eigenvalue weighted by molar-refractivity contribution is 4.96. The van der Waals surface area contributed by atoms with Crippen LogP contribution < -0.4 is 5.73 Å². The smallest absolute Gasteiger partial charge is 0.0344 e. The van der Waals surface area contributed by atoms with E-state index in [9.17, 15) is 0 Å². The summed E-state index contributed by atoms with van der Waals surface area (Å²) < 4.78 is 0. The molecule has 1 heterocycles. The van der Waals surface area contributed by atoms with Crippen LogP contribution in [0, 0.1) is 0 Å². The third-order valence-corrected chi connectivity index (χ3v) is 5.80. The van der Waals surface area contributed by atoms with Crippen molar-refractivity contribution in [1.82, 2.24) is 9.80 Å². The van der Waals surface area contributed by atoms with Gasteiger partial charge in [-0.05, 0) is 65.2 Å². The minimum absolute atomic E-state index is 0.268. The van der Waals surface area contributed by atoms with Gasteiger partial charge in [0, 0.05) is 18.1 Å². The average molecular weight is 281 g/mol. The van der Waals surface area contributed by atoms with Crippen molar-refractivity contribution in [3.05, 3.63) is 0 Å². The van der Waals surface area contributed by atoms with Crippen molar-refractivity contribution in [2.45, 2.75) is 76.3 Å². The molecule has 1 atom stereocenters. The molecule has 0 spiro atoms. The lowest BCUT2D eigenvalue weighted by Gasteiger charge is -2.46. The molecule has 0 bridgehead atoms. The number of nitrogens with zero attached hydrogens (tertiary/aromatic N) is 2. The van der Waals surface area contributed by atoms with Gasteiger partial charge >= 0.3 is 0 Å². The summed E-state index contributed by atoms with van der Waals surface area (Å²) in [5.41, 5.74) is 6.54. The molecular weight excluding hydrogens is 246 g/mol. The van der Waals surface area contributed by atoms with Crippen LogP contribution in [0.2, 0.25) is 0 Å². The first kappa shape index (κ1) is 16.3. The Hall–Kier alpha value is -0.120. The fraction of sp³-hybridized carbons (Fsp3) is 1.00. The predicted molar refractivity (Wildman–Crippen MR) is 87.0 cm³/mol. The van der Waals surface area contributed by atoms with Gasteiger partial charge in [0.25, 0.3) is 0 Å². The second kappa shape index (κ2) is 7.77. The van der Waals surface area contributed by atoms with Gasteiger partial charge in [0.1, 0.15) is 0 Å². The van der Waals surface area contributed by atoms with E-state index in [0.29, 0.717) is 0 Å². The quantitative estimate of drug-likeness (QED) is 0.841. The van der Waals surface area contributed by atoms with Gasteiger partial charge in [0.2, 0.25) is 0 Å². The molecule has 2 rings (SSSR count). The van der Waals surface area contributed by atoms with Crippen LogP contribution in [0.1, 0.15) is 64.7 Å². The molecule has 1 saturated carbocycles. The van der Waals surface area contributed by atoms with E-state index in [1.807, 2.05) is 0 Å². The maximum Gasteiger partial charge on any atom is 0.0344 e. The number of hydrogen-bond acceptors (Lipinski definition) is 3. The Kier molecular flexibility index (Phi) is 6.31. The van der Waals surface area contributed by atoms with Crippen molar-refractivity contribution in [2.75, 3.05) is 33.2 Å². The highest BCUT2D eigenvalue weighted by Gasteiger charge is 2.38. The molecule has 1 saturated heterocycles. The maximum absolute atomic E-state index is 6.27. The normalized spacial score (nSPS) is 30.6. The van der Waals surface area contributed by atoms with Crippen molar-refractivity contribution >= 4 is 0 Å². The Labute approximate surface area is 125 Å². The maximum atomic E-state index is 6.27. The van der Waals surface area contributed by atoms with Crippen molar-refractivity contribution in [3.63, 3.8) is 0 Å². The van der Waals surface area contributed by atoms with E-state index < -0.39 is 0 Å². The van der Waals surface area contributed by atoms with Gasteiger partial charge in [-0.15, -0.1) is 0 Å². The lowest BCUT2D eigenvalue weighted by Crippen LogP contribution is -2.56. The highest BCUT2D eigenvalue weighted by Crippen LogP contribution is 2.33. The monoisotopic (exact) mass is 281 g/mol. The number of likely N-dealkylation sites (N-methyl/N-ethyl adjacent to an activating group) is 1. The van der Waals surface area contributed by atoms with Crippen LogP contribution in [0.15, 0.2) is 0 Å². The lowest BCUT2D eigenvalue weighted by atomic mass is 9.84. The first-order valence-electron chi connectivity index (χ1n) is 8.87.